The van der Waals surface area contributed by atoms with Crippen molar-refractivity contribution in [1.82, 2.24) is 10.2 Å². The van der Waals surface area contributed by atoms with Gasteiger partial charge in [0.2, 0.25) is 11.8 Å². The zero-order valence-electron chi connectivity index (χ0n) is 24.1. The van der Waals surface area contributed by atoms with Crippen LogP contribution in [0.15, 0.2) is 76.1 Å². The molecule has 1 aliphatic carbocycles. The van der Waals surface area contributed by atoms with Gasteiger partial charge in [0.1, 0.15) is 12.6 Å². The van der Waals surface area contributed by atoms with Crippen LogP contribution >= 0.6 is 15.9 Å². The first-order valence-corrected chi connectivity index (χ1v) is 16.2. The lowest BCUT2D eigenvalue weighted by Crippen LogP contribution is -2.52. The zero-order valence-corrected chi connectivity index (χ0v) is 26.5. The number of hydrogen-bond donors (Lipinski definition) is 1. The molecule has 1 N–H and O–H groups in total. The van der Waals surface area contributed by atoms with Gasteiger partial charge in [0, 0.05) is 17.1 Å². The number of anilines is 1. The Bertz CT molecular complexity index is 1500. The fourth-order valence-corrected chi connectivity index (χ4v) is 7.06. The Labute approximate surface area is 252 Å². The van der Waals surface area contributed by atoms with E-state index in [-0.39, 0.29) is 23.4 Å². The van der Waals surface area contributed by atoms with E-state index in [0.717, 1.165) is 52.4 Å². The van der Waals surface area contributed by atoms with Crippen LogP contribution in [-0.2, 0) is 26.2 Å². The van der Waals surface area contributed by atoms with Gasteiger partial charge in [-0.2, -0.15) is 0 Å². The lowest BCUT2D eigenvalue weighted by Gasteiger charge is -2.33. The number of hydrogen-bond acceptors (Lipinski definition) is 4. The van der Waals surface area contributed by atoms with Crippen molar-refractivity contribution in [2.24, 2.45) is 0 Å². The first-order valence-electron chi connectivity index (χ1n) is 14.0. The van der Waals surface area contributed by atoms with E-state index in [1.54, 1.807) is 37.3 Å². The molecule has 1 atom stereocenters. The Morgan fingerprint density at radius 3 is 2.27 bits per heavy atom. The summed E-state index contributed by atoms with van der Waals surface area (Å²) >= 11 is 3.49. The highest BCUT2D eigenvalue weighted by Crippen LogP contribution is 2.29. The molecule has 218 valence electrons. The normalized spacial score (nSPS) is 14.5. The first kappa shape index (κ1) is 30.8. The number of halogens is 1. The molecule has 1 saturated carbocycles. The molecule has 3 aromatic carbocycles. The number of carbonyl (C=O) groups excluding carboxylic acids is 2. The van der Waals surface area contributed by atoms with Gasteiger partial charge in [-0.05, 0) is 87.6 Å². The van der Waals surface area contributed by atoms with Crippen molar-refractivity contribution in [2.45, 2.75) is 76.9 Å². The molecule has 7 nitrogen and oxygen atoms in total. The van der Waals surface area contributed by atoms with Crippen molar-refractivity contribution < 1.29 is 18.0 Å². The van der Waals surface area contributed by atoms with Gasteiger partial charge in [0.05, 0.1) is 10.6 Å². The maximum Gasteiger partial charge on any atom is 0.264 e. The van der Waals surface area contributed by atoms with E-state index in [0.29, 0.717) is 5.69 Å². The summed E-state index contributed by atoms with van der Waals surface area (Å²) in [6, 6.07) is 19.0. The third kappa shape index (κ3) is 7.57. The molecule has 41 heavy (non-hydrogen) atoms. The summed E-state index contributed by atoms with van der Waals surface area (Å²) in [6.07, 6.45) is 3.99. The standard InChI is InChI=1S/C32H38BrN3O4S/c1-22-13-16-29(17-14-22)41(39,40)36(30-18-23(2)12-15-24(30)3)21-31(37)35(20-26-8-7-9-27(33)19-26)25(4)32(38)34-28-10-5-6-11-28/h7-9,12-19,25,28H,5-6,10-11,20-21H2,1-4H3,(H,34,38). The van der Waals surface area contributed by atoms with Gasteiger partial charge in [0.25, 0.3) is 10.0 Å². The Hall–Kier alpha value is -3.17. The van der Waals surface area contributed by atoms with E-state index in [9.17, 15) is 18.0 Å². The van der Waals surface area contributed by atoms with Crippen LogP contribution in [0.4, 0.5) is 5.69 Å². The quantitative estimate of drug-likeness (QED) is 0.293. The van der Waals surface area contributed by atoms with Crippen LogP contribution in [-0.4, -0.2) is 43.8 Å². The first-order chi connectivity index (χ1) is 19.5. The smallest absolute Gasteiger partial charge is 0.264 e. The highest BCUT2D eigenvalue weighted by molar-refractivity contribution is 9.10. The molecule has 1 aliphatic rings. The number of amides is 2. The van der Waals surface area contributed by atoms with Crippen LogP contribution in [0.5, 0.6) is 0 Å². The average molecular weight is 641 g/mol. The predicted octanol–water partition coefficient (Wildman–Crippen LogP) is 6.05. The average Bonchev–Trinajstić information content (AvgIpc) is 3.44. The number of nitrogens with zero attached hydrogens (tertiary/aromatic N) is 2. The third-order valence-corrected chi connectivity index (χ3v) is 9.90. The minimum atomic E-state index is -4.11. The molecule has 0 radical (unpaired) electrons. The van der Waals surface area contributed by atoms with Gasteiger partial charge in [0.15, 0.2) is 0 Å². The van der Waals surface area contributed by atoms with Gasteiger partial charge < -0.3 is 10.2 Å². The van der Waals surface area contributed by atoms with Crippen LogP contribution in [0.25, 0.3) is 0 Å². The number of sulfonamides is 1. The van der Waals surface area contributed by atoms with Crippen molar-refractivity contribution in [1.29, 1.82) is 0 Å². The van der Waals surface area contributed by atoms with Crippen molar-refractivity contribution in [3.63, 3.8) is 0 Å². The number of rotatable bonds is 10. The summed E-state index contributed by atoms with van der Waals surface area (Å²) < 4.78 is 30.2. The molecule has 0 aliphatic heterocycles. The number of carbonyl (C=O) groups is 2. The zero-order chi connectivity index (χ0) is 29.7. The van der Waals surface area contributed by atoms with Crippen molar-refractivity contribution in [2.75, 3.05) is 10.8 Å². The van der Waals surface area contributed by atoms with Crippen LogP contribution in [0, 0.1) is 20.8 Å². The van der Waals surface area contributed by atoms with Crippen molar-refractivity contribution in [3.05, 3.63) is 93.5 Å². The molecule has 2 amide bonds. The molecular weight excluding hydrogens is 602 g/mol. The van der Waals surface area contributed by atoms with Crippen LogP contribution in [0.3, 0.4) is 0 Å². The van der Waals surface area contributed by atoms with Crippen molar-refractivity contribution in [3.8, 4) is 0 Å². The minimum Gasteiger partial charge on any atom is -0.352 e. The second kappa shape index (κ2) is 13.2. The summed E-state index contributed by atoms with van der Waals surface area (Å²) in [5, 5.41) is 3.10. The second-order valence-electron chi connectivity index (χ2n) is 10.9. The molecule has 0 spiro atoms. The van der Waals surface area contributed by atoms with E-state index in [4.69, 9.17) is 0 Å². The molecular formula is C32H38BrN3O4S. The van der Waals surface area contributed by atoms with Gasteiger partial charge >= 0.3 is 0 Å². The summed E-state index contributed by atoms with van der Waals surface area (Å²) in [5.74, 6) is -0.699. The molecule has 1 fully saturated rings. The fourth-order valence-electron chi connectivity index (χ4n) is 5.15. The van der Waals surface area contributed by atoms with E-state index in [2.05, 4.69) is 21.2 Å². The number of benzene rings is 3. The Morgan fingerprint density at radius 1 is 0.951 bits per heavy atom. The summed E-state index contributed by atoms with van der Waals surface area (Å²) in [4.78, 5) is 29.1. The minimum absolute atomic E-state index is 0.0983. The van der Waals surface area contributed by atoms with Gasteiger partial charge in [-0.15, -0.1) is 0 Å². The molecule has 0 bridgehead atoms. The Morgan fingerprint density at radius 2 is 1.61 bits per heavy atom. The molecule has 0 heterocycles. The topological polar surface area (TPSA) is 86.8 Å². The summed E-state index contributed by atoms with van der Waals surface area (Å²) in [6.45, 7) is 7.01. The lowest BCUT2D eigenvalue weighted by atomic mass is 10.1. The molecule has 0 saturated heterocycles. The summed E-state index contributed by atoms with van der Waals surface area (Å²) in [5.41, 5.74) is 3.79. The van der Waals surface area contributed by atoms with E-state index in [1.165, 1.54) is 9.21 Å². The third-order valence-electron chi connectivity index (χ3n) is 7.63. The van der Waals surface area contributed by atoms with E-state index < -0.39 is 28.5 Å². The highest BCUT2D eigenvalue weighted by Gasteiger charge is 2.34. The maximum absolute atomic E-state index is 14.2. The molecule has 9 heteroatoms. The van der Waals surface area contributed by atoms with Crippen LogP contribution in [0.2, 0.25) is 0 Å². The molecule has 1 unspecified atom stereocenters. The van der Waals surface area contributed by atoms with Crippen LogP contribution < -0.4 is 9.62 Å². The van der Waals surface area contributed by atoms with Gasteiger partial charge in [-0.25, -0.2) is 8.42 Å². The van der Waals surface area contributed by atoms with Gasteiger partial charge in [-0.3, -0.25) is 13.9 Å². The number of aryl methyl sites for hydroxylation is 3. The molecule has 4 rings (SSSR count). The van der Waals surface area contributed by atoms with E-state index in [1.807, 2.05) is 57.2 Å². The van der Waals surface area contributed by atoms with Crippen molar-refractivity contribution >= 4 is 43.5 Å². The molecule has 0 aromatic heterocycles. The Kier molecular flexibility index (Phi) is 9.92. The SMILES string of the molecule is Cc1ccc(S(=O)(=O)N(CC(=O)N(Cc2cccc(Br)c2)C(C)C(=O)NC2CCCC2)c2cc(C)ccc2C)cc1. The van der Waals surface area contributed by atoms with Crippen LogP contribution in [0.1, 0.15) is 54.9 Å². The monoisotopic (exact) mass is 639 g/mol. The number of nitrogens with one attached hydrogen (secondary N) is 1. The predicted molar refractivity (Wildman–Crippen MR) is 166 cm³/mol. The van der Waals surface area contributed by atoms with Gasteiger partial charge in [-0.1, -0.05) is 70.7 Å². The highest BCUT2D eigenvalue weighted by atomic mass is 79.9. The largest absolute Gasteiger partial charge is 0.352 e. The van der Waals surface area contributed by atoms with E-state index >= 15 is 0 Å². The fraction of sp³-hybridized carbons (Fsp3) is 0.375. The second-order valence-corrected chi connectivity index (χ2v) is 13.7. The molecule has 3 aromatic rings. The Balaban J connectivity index is 1.72. The lowest BCUT2D eigenvalue weighted by molar-refractivity contribution is -0.139. The summed E-state index contributed by atoms with van der Waals surface area (Å²) in [7, 11) is -4.11. The maximum atomic E-state index is 14.2.